The largest absolute Gasteiger partial charge is 0.465 e. The Kier molecular flexibility index (Phi) is 3.90. The van der Waals surface area contributed by atoms with Gasteiger partial charge in [0.1, 0.15) is 0 Å². The lowest BCUT2D eigenvalue weighted by Crippen LogP contribution is -2.46. The van der Waals surface area contributed by atoms with Gasteiger partial charge in [-0.05, 0) is 19.4 Å². The van der Waals surface area contributed by atoms with Gasteiger partial charge in [0.2, 0.25) is 0 Å². The Morgan fingerprint density at radius 1 is 1.38 bits per heavy atom. The summed E-state index contributed by atoms with van der Waals surface area (Å²) in [5.41, 5.74) is 6.27. The highest BCUT2D eigenvalue weighted by Gasteiger charge is 2.20. The molecule has 3 N–H and O–H groups in total. The second-order valence-corrected chi connectivity index (χ2v) is 4.61. The number of nitrogens with zero attached hydrogens (tertiary/aromatic N) is 1. The molecule has 1 amide bonds. The van der Waals surface area contributed by atoms with Crippen molar-refractivity contribution in [2.45, 2.75) is 25.9 Å². The Morgan fingerprint density at radius 3 is 2.38 bits per heavy atom. The quantitative estimate of drug-likeness (QED) is 0.817. The van der Waals surface area contributed by atoms with Gasteiger partial charge in [0, 0.05) is 18.6 Å². The summed E-state index contributed by atoms with van der Waals surface area (Å²) in [4.78, 5) is 12.4. The number of carbonyl (C=O) groups is 1. The summed E-state index contributed by atoms with van der Waals surface area (Å²) >= 11 is 0. The number of amides is 1. The third-order valence-corrected chi connectivity index (χ3v) is 2.09. The number of carboxylic acid groups (broad SMARTS) is 1. The van der Waals surface area contributed by atoms with Crippen LogP contribution in [0.15, 0.2) is 30.3 Å². The molecule has 0 unspecified atom stereocenters. The van der Waals surface area contributed by atoms with Crippen LogP contribution in [0, 0.1) is 0 Å². The molecule has 1 rings (SSSR count). The van der Waals surface area contributed by atoms with Crippen molar-refractivity contribution in [1.29, 1.82) is 0 Å². The molecule has 0 aliphatic carbocycles. The van der Waals surface area contributed by atoms with Gasteiger partial charge in [-0.25, -0.2) is 4.79 Å². The molecule has 0 saturated carbocycles. The van der Waals surface area contributed by atoms with Gasteiger partial charge in [-0.15, -0.1) is 0 Å². The molecule has 0 aromatic heterocycles. The van der Waals surface area contributed by atoms with Crippen LogP contribution in [-0.2, 0) is 6.54 Å². The van der Waals surface area contributed by atoms with Crippen molar-refractivity contribution in [3.63, 3.8) is 0 Å². The van der Waals surface area contributed by atoms with Crippen molar-refractivity contribution >= 4 is 6.09 Å². The van der Waals surface area contributed by atoms with Crippen LogP contribution < -0.4 is 5.73 Å². The van der Waals surface area contributed by atoms with Crippen LogP contribution in [0.1, 0.15) is 19.4 Å². The Hall–Kier alpha value is -1.55. The van der Waals surface area contributed by atoms with Crippen molar-refractivity contribution < 1.29 is 9.90 Å². The topological polar surface area (TPSA) is 66.6 Å². The molecular formula is C12H18N2O2. The molecule has 4 heteroatoms. The first-order valence-electron chi connectivity index (χ1n) is 5.19. The highest BCUT2D eigenvalue weighted by atomic mass is 16.4. The number of hydrogen-bond donors (Lipinski definition) is 2. The summed E-state index contributed by atoms with van der Waals surface area (Å²) in [5, 5.41) is 9.07. The normalized spacial score (nSPS) is 11.2. The molecule has 88 valence electrons. The summed E-state index contributed by atoms with van der Waals surface area (Å²) in [6, 6.07) is 9.49. The molecule has 0 bridgehead atoms. The van der Waals surface area contributed by atoms with Crippen molar-refractivity contribution in [2.75, 3.05) is 6.54 Å². The van der Waals surface area contributed by atoms with Gasteiger partial charge >= 0.3 is 6.09 Å². The summed E-state index contributed by atoms with van der Waals surface area (Å²) < 4.78 is 0. The molecular weight excluding hydrogens is 204 g/mol. The lowest BCUT2D eigenvalue weighted by atomic mass is 10.1. The lowest BCUT2D eigenvalue weighted by molar-refractivity contribution is 0.132. The standard InChI is InChI=1S/C12H18N2O2/c1-12(2,13)9-14(11(15)16)8-10-6-4-3-5-7-10/h3-7H,8-9,13H2,1-2H3,(H,15,16). The fourth-order valence-corrected chi connectivity index (χ4v) is 1.49. The fourth-order valence-electron chi connectivity index (χ4n) is 1.49. The number of nitrogens with two attached hydrogens (primary N) is 1. The first-order chi connectivity index (χ1) is 7.38. The van der Waals surface area contributed by atoms with Gasteiger partial charge in [0.05, 0.1) is 0 Å². The number of hydrogen-bond acceptors (Lipinski definition) is 2. The van der Waals surface area contributed by atoms with Crippen LogP contribution >= 0.6 is 0 Å². The van der Waals surface area contributed by atoms with Crippen molar-refractivity contribution in [2.24, 2.45) is 5.73 Å². The number of rotatable bonds is 4. The van der Waals surface area contributed by atoms with E-state index >= 15 is 0 Å². The molecule has 0 spiro atoms. The molecule has 1 aromatic rings. The van der Waals surface area contributed by atoms with E-state index in [0.29, 0.717) is 13.1 Å². The maximum Gasteiger partial charge on any atom is 0.407 e. The van der Waals surface area contributed by atoms with E-state index in [1.54, 1.807) is 0 Å². The smallest absolute Gasteiger partial charge is 0.407 e. The minimum absolute atomic E-state index is 0.317. The van der Waals surface area contributed by atoms with E-state index in [1.165, 1.54) is 4.90 Å². The zero-order valence-electron chi connectivity index (χ0n) is 9.68. The zero-order valence-corrected chi connectivity index (χ0v) is 9.68. The molecule has 0 radical (unpaired) electrons. The van der Waals surface area contributed by atoms with Crippen LogP contribution in [-0.4, -0.2) is 28.2 Å². The summed E-state index contributed by atoms with van der Waals surface area (Å²) in [7, 11) is 0. The van der Waals surface area contributed by atoms with Gasteiger partial charge in [-0.1, -0.05) is 30.3 Å². The van der Waals surface area contributed by atoms with Crippen LogP contribution in [0.4, 0.5) is 4.79 Å². The van der Waals surface area contributed by atoms with Crippen LogP contribution in [0.25, 0.3) is 0 Å². The van der Waals surface area contributed by atoms with E-state index in [-0.39, 0.29) is 0 Å². The predicted molar refractivity (Wildman–Crippen MR) is 63.1 cm³/mol. The van der Waals surface area contributed by atoms with E-state index in [2.05, 4.69) is 0 Å². The monoisotopic (exact) mass is 222 g/mol. The van der Waals surface area contributed by atoms with Crippen molar-refractivity contribution in [3.05, 3.63) is 35.9 Å². The maximum atomic E-state index is 11.1. The molecule has 1 aromatic carbocycles. The maximum absolute atomic E-state index is 11.1. The highest BCUT2D eigenvalue weighted by molar-refractivity contribution is 5.65. The van der Waals surface area contributed by atoms with Crippen molar-refractivity contribution in [1.82, 2.24) is 4.90 Å². The minimum Gasteiger partial charge on any atom is -0.465 e. The summed E-state index contributed by atoms with van der Waals surface area (Å²) in [6.07, 6.45) is -0.942. The Balaban J connectivity index is 2.70. The Morgan fingerprint density at radius 2 is 1.94 bits per heavy atom. The van der Waals surface area contributed by atoms with E-state index in [0.717, 1.165) is 5.56 Å². The third-order valence-electron chi connectivity index (χ3n) is 2.09. The zero-order chi connectivity index (χ0) is 12.2. The first kappa shape index (κ1) is 12.5. The van der Waals surface area contributed by atoms with E-state index in [9.17, 15) is 4.79 Å². The molecule has 0 fully saturated rings. The van der Waals surface area contributed by atoms with Gasteiger partial charge in [0.25, 0.3) is 0 Å². The molecule has 0 saturated heterocycles. The average molecular weight is 222 g/mol. The van der Waals surface area contributed by atoms with Crippen LogP contribution in [0.3, 0.4) is 0 Å². The first-order valence-corrected chi connectivity index (χ1v) is 5.19. The van der Waals surface area contributed by atoms with Crippen LogP contribution in [0.5, 0.6) is 0 Å². The van der Waals surface area contributed by atoms with Gasteiger partial charge in [0.15, 0.2) is 0 Å². The van der Waals surface area contributed by atoms with Gasteiger partial charge in [-0.3, -0.25) is 0 Å². The van der Waals surface area contributed by atoms with Crippen molar-refractivity contribution in [3.8, 4) is 0 Å². The Labute approximate surface area is 95.7 Å². The van der Waals surface area contributed by atoms with E-state index < -0.39 is 11.6 Å². The Bertz CT molecular complexity index is 344. The molecule has 16 heavy (non-hydrogen) atoms. The molecule has 0 aliphatic rings. The van der Waals surface area contributed by atoms with Crippen LogP contribution in [0.2, 0.25) is 0 Å². The van der Waals surface area contributed by atoms with E-state index in [4.69, 9.17) is 10.8 Å². The minimum atomic E-state index is -0.942. The van der Waals surface area contributed by atoms with Gasteiger partial charge in [-0.2, -0.15) is 0 Å². The molecule has 0 atom stereocenters. The average Bonchev–Trinajstić information content (AvgIpc) is 2.16. The summed E-state index contributed by atoms with van der Waals surface area (Å²) in [6.45, 7) is 4.32. The number of benzene rings is 1. The van der Waals surface area contributed by atoms with E-state index in [1.807, 2.05) is 44.2 Å². The van der Waals surface area contributed by atoms with Gasteiger partial charge < -0.3 is 15.7 Å². The molecule has 0 heterocycles. The summed E-state index contributed by atoms with van der Waals surface area (Å²) in [5.74, 6) is 0. The fraction of sp³-hybridized carbons (Fsp3) is 0.417. The second kappa shape index (κ2) is 4.99. The molecule has 0 aliphatic heterocycles. The lowest BCUT2D eigenvalue weighted by Gasteiger charge is -2.27. The SMILES string of the molecule is CC(C)(N)CN(Cc1ccccc1)C(=O)O. The predicted octanol–water partition coefficient (Wildman–Crippen LogP) is 1.90. The third kappa shape index (κ3) is 4.31. The second-order valence-electron chi connectivity index (χ2n) is 4.61. The highest BCUT2D eigenvalue weighted by Crippen LogP contribution is 2.08. The molecule has 4 nitrogen and oxygen atoms in total.